The maximum absolute atomic E-state index is 12.9. The van der Waals surface area contributed by atoms with Crippen LogP contribution in [0.4, 0.5) is 4.39 Å². The Kier molecular flexibility index (Phi) is 5.81. The molecule has 1 aliphatic rings. The third-order valence-corrected chi connectivity index (χ3v) is 4.87. The molecule has 1 aliphatic heterocycles. The summed E-state index contributed by atoms with van der Waals surface area (Å²) in [5.74, 6) is 1.12. The molecule has 4 nitrogen and oxygen atoms in total. The second-order valence-electron chi connectivity index (χ2n) is 5.76. The van der Waals surface area contributed by atoms with Crippen molar-refractivity contribution in [2.75, 3.05) is 13.2 Å². The second kappa shape index (κ2) is 8.25. The summed E-state index contributed by atoms with van der Waals surface area (Å²) in [4.78, 5) is 13.2. The SMILES string of the molecule is C[C@@H](Sc1ccc2c(c1)OCCCO2)C(=O)NCc1ccc(F)cc1. The van der Waals surface area contributed by atoms with Gasteiger partial charge in [-0.3, -0.25) is 4.79 Å². The van der Waals surface area contributed by atoms with Crippen LogP contribution in [0.2, 0.25) is 0 Å². The highest BCUT2D eigenvalue weighted by Gasteiger charge is 2.16. The van der Waals surface area contributed by atoms with Gasteiger partial charge in [0.15, 0.2) is 11.5 Å². The van der Waals surface area contributed by atoms with E-state index in [0.717, 1.165) is 28.4 Å². The molecule has 0 bridgehead atoms. The van der Waals surface area contributed by atoms with Crippen LogP contribution in [0.15, 0.2) is 47.4 Å². The number of hydrogen-bond acceptors (Lipinski definition) is 4. The molecule has 1 N–H and O–H groups in total. The lowest BCUT2D eigenvalue weighted by Crippen LogP contribution is -2.30. The minimum absolute atomic E-state index is 0.0681. The van der Waals surface area contributed by atoms with E-state index < -0.39 is 0 Å². The van der Waals surface area contributed by atoms with Crippen LogP contribution in [0, 0.1) is 5.82 Å². The first kappa shape index (κ1) is 17.6. The summed E-state index contributed by atoms with van der Waals surface area (Å²) in [6.45, 7) is 3.52. The molecule has 0 radical (unpaired) electrons. The van der Waals surface area contributed by atoms with Gasteiger partial charge in [0.25, 0.3) is 0 Å². The first-order valence-corrected chi connectivity index (χ1v) is 9.08. The molecular formula is C19H20FNO3S. The predicted octanol–water partition coefficient (Wildman–Crippen LogP) is 3.78. The van der Waals surface area contributed by atoms with Gasteiger partial charge in [-0.25, -0.2) is 4.39 Å². The summed E-state index contributed by atoms with van der Waals surface area (Å²) >= 11 is 1.46. The molecular weight excluding hydrogens is 341 g/mol. The number of thioether (sulfide) groups is 1. The monoisotopic (exact) mass is 361 g/mol. The molecule has 0 aromatic heterocycles. The molecule has 2 aromatic rings. The van der Waals surface area contributed by atoms with Gasteiger partial charge in [0.2, 0.25) is 5.91 Å². The van der Waals surface area contributed by atoms with Gasteiger partial charge in [-0.2, -0.15) is 0 Å². The first-order valence-electron chi connectivity index (χ1n) is 8.20. The van der Waals surface area contributed by atoms with Crippen molar-refractivity contribution in [1.29, 1.82) is 0 Å². The van der Waals surface area contributed by atoms with Crippen molar-refractivity contribution in [3.05, 3.63) is 53.8 Å². The molecule has 0 saturated heterocycles. The number of nitrogens with one attached hydrogen (secondary N) is 1. The van der Waals surface area contributed by atoms with E-state index in [1.165, 1.54) is 23.9 Å². The Bertz CT molecular complexity index is 736. The molecule has 0 fully saturated rings. The molecule has 0 spiro atoms. The minimum atomic E-state index is -0.284. The van der Waals surface area contributed by atoms with E-state index in [1.807, 2.05) is 25.1 Å². The molecule has 25 heavy (non-hydrogen) atoms. The number of amides is 1. The summed E-state index contributed by atoms with van der Waals surface area (Å²) in [6.07, 6.45) is 0.860. The maximum atomic E-state index is 12.9. The zero-order valence-corrected chi connectivity index (χ0v) is 14.8. The molecule has 0 unspecified atom stereocenters. The third-order valence-electron chi connectivity index (χ3n) is 3.78. The normalized spacial score (nSPS) is 14.5. The Labute approximate surface area is 150 Å². The van der Waals surface area contributed by atoms with Crippen molar-refractivity contribution in [3.8, 4) is 11.5 Å². The number of fused-ring (bicyclic) bond motifs is 1. The van der Waals surface area contributed by atoms with Crippen LogP contribution >= 0.6 is 11.8 Å². The van der Waals surface area contributed by atoms with E-state index in [-0.39, 0.29) is 17.0 Å². The zero-order valence-electron chi connectivity index (χ0n) is 14.0. The second-order valence-corrected chi connectivity index (χ2v) is 7.18. The fourth-order valence-electron chi connectivity index (χ4n) is 2.41. The number of benzene rings is 2. The Morgan fingerprint density at radius 3 is 2.64 bits per heavy atom. The largest absolute Gasteiger partial charge is 0.490 e. The van der Waals surface area contributed by atoms with E-state index in [9.17, 15) is 9.18 Å². The number of ether oxygens (including phenoxy) is 2. The Morgan fingerprint density at radius 2 is 1.88 bits per heavy atom. The van der Waals surface area contributed by atoms with E-state index in [4.69, 9.17) is 9.47 Å². The predicted molar refractivity (Wildman–Crippen MR) is 95.6 cm³/mol. The molecule has 0 saturated carbocycles. The van der Waals surface area contributed by atoms with Gasteiger partial charge in [-0.05, 0) is 42.8 Å². The maximum Gasteiger partial charge on any atom is 0.233 e. The number of carbonyl (C=O) groups is 1. The molecule has 1 atom stereocenters. The average molecular weight is 361 g/mol. The molecule has 0 aliphatic carbocycles. The highest BCUT2D eigenvalue weighted by molar-refractivity contribution is 8.00. The molecule has 1 heterocycles. The van der Waals surface area contributed by atoms with Crippen LogP contribution in [0.25, 0.3) is 0 Å². The Balaban J connectivity index is 1.56. The van der Waals surface area contributed by atoms with Crippen LogP contribution in [0.1, 0.15) is 18.9 Å². The Morgan fingerprint density at radius 1 is 1.16 bits per heavy atom. The average Bonchev–Trinajstić information content (AvgIpc) is 2.86. The van der Waals surface area contributed by atoms with Gasteiger partial charge in [0, 0.05) is 17.9 Å². The zero-order chi connectivity index (χ0) is 17.6. The number of hydrogen-bond donors (Lipinski definition) is 1. The van der Waals surface area contributed by atoms with Gasteiger partial charge in [0.05, 0.1) is 18.5 Å². The van der Waals surface area contributed by atoms with Crippen molar-refractivity contribution in [2.45, 2.75) is 30.0 Å². The van der Waals surface area contributed by atoms with Crippen molar-refractivity contribution < 1.29 is 18.7 Å². The minimum Gasteiger partial charge on any atom is -0.490 e. The molecule has 132 valence electrons. The van der Waals surface area contributed by atoms with Crippen molar-refractivity contribution in [3.63, 3.8) is 0 Å². The van der Waals surface area contributed by atoms with E-state index >= 15 is 0 Å². The van der Waals surface area contributed by atoms with Gasteiger partial charge in [-0.1, -0.05) is 12.1 Å². The van der Waals surface area contributed by atoms with E-state index in [0.29, 0.717) is 19.8 Å². The van der Waals surface area contributed by atoms with E-state index in [1.54, 1.807) is 12.1 Å². The van der Waals surface area contributed by atoms with Gasteiger partial charge >= 0.3 is 0 Å². The summed E-state index contributed by atoms with van der Waals surface area (Å²) < 4.78 is 24.2. The lowest BCUT2D eigenvalue weighted by Gasteiger charge is -2.14. The molecule has 6 heteroatoms. The topological polar surface area (TPSA) is 47.6 Å². The standard InChI is InChI=1S/C19H20FNO3S/c1-13(19(22)21-12-14-3-5-15(20)6-4-14)25-16-7-8-17-18(11-16)24-10-2-9-23-17/h3-8,11,13H,2,9-10,12H2,1H3,(H,21,22)/t13-/m1/s1. The fourth-order valence-corrected chi connectivity index (χ4v) is 3.33. The van der Waals surface area contributed by atoms with E-state index in [2.05, 4.69) is 5.32 Å². The first-order chi connectivity index (χ1) is 12.1. The molecule has 3 rings (SSSR count). The number of carbonyl (C=O) groups excluding carboxylic acids is 1. The van der Waals surface area contributed by atoms with Crippen LogP contribution in [-0.2, 0) is 11.3 Å². The van der Waals surface area contributed by atoms with Crippen LogP contribution in [-0.4, -0.2) is 24.4 Å². The fraction of sp³-hybridized carbons (Fsp3) is 0.316. The highest BCUT2D eigenvalue weighted by Crippen LogP contribution is 2.35. The van der Waals surface area contributed by atoms with Gasteiger partial charge < -0.3 is 14.8 Å². The highest BCUT2D eigenvalue weighted by atomic mass is 32.2. The van der Waals surface area contributed by atoms with Gasteiger partial charge in [0.1, 0.15) is 5.82 Å². The summed E-state index contributed by atoms with van der Waals surface area (Å²) in [5, 5.41) is 2.61. The van der Waals surface area contributed by atoms with Crippen LogP contribution in [0.5, 0.6) is 11.5 Å². The lowest BCUT2D eigenvalue weighted by molar-refractivity contribution is -0.120. The van der Waals surface area contributed by atoms with Crippen molar-refractivity contribution in [2.24, 2.45) is 0 Å². The summed E-state index contributed by atoms with van der Waals surface area (Å²) in [5.41, 5.74) is 0.863. The number of rotatable bonds is 5. The number of halogens is 1. The lowest BCUT2D eigenvalue weighted by atomic mass is 10.2. The van der Waals surface area contributed by atoms with Crippen LogP contribution in [0.3, 0.4) is 0 Å². The van der Waals surface area contributed by atoms with Gasteiger partial charge in [-0.15, -0.1) is 11.8 Å². The van der Waals surface area contributed by atoms with Crippen molar-refractivity contribution >= 4 is 17.7 Å². The molecule has 2 aromatic carbocycles. The van der Waals surface area contributed by atoms with Crippen LogP contribution < -0.4 is 14.8 Å². The smallest absolute Gasteiger partial charge is 0.233 e. The Hall–Kier alpha value is -2.21. The summed E-state index contributed by atoms with van der Waals surface area (Å²) in [7, 11) is 0. The van der Waals surface area contributed by atoms with Crippen molar-refractivity contribution in [1.82, 2.24) is 5.32 Å². The summed E-state index contributed by atoms with van der Waals surface area (Å²) in [6, 6.07) is 11.8. The molecule has 1 amide bonds. The third kappa shape index (κ3) is 4.89. The quantitative estimate of drug-likeness (QED) is 0.824.